The van der Waals surface area contributed by atoms with Crippen LogP contribution in [-0.2, 0) is 12.8 Å². The van der Waals surface area contributed by atoms with Crippen molar-refractivity contribution in [2.24, 2.45) is 0 Å². The van der Waals surface area contributed by atoms with Gasteiger partial charge in [0.05, 0.1) is 16.6 Å². The second kappa shape index (κ2) is 5.83. The first-order valence-electron chi connectivity index (χ1n) is 7.76. The summed E-state index contributed by atoms with van der Waals surface area (Å²) in [5, 5.41) is 10.4. The molecule has 1 N–H and O–H groups in total. The van der Waals surface area contributed by atoms with E-state index in [0.717, 1.165) is 40.7 Å². The van der Waals surface area contributed by atoms with Crippen LogP contribution in [0.1, 0.15) is 36.8 Å². The molecule has 0 unspecified atom stereocenters. The molecule has 0 aliphatic heterocycles. The number of fused-ring (bicyclic) bond motifs is 1. The Bertz CT molecular complexity index is 748. The highest BCUT2D eigenvalue weighted by atomic mass is 16.5. The highest BCUT2D eigenvalue weighted by Gasteiger charge is 2.30. The van der Waals surface area contributed by atoms with Crippen LogP contribution in [0.4, 0.5) is 0 Å². The molecule has 116 valence electrons. The molecule has 1 aromatic heterocycles. The number of nitrogens with zero attached hydrogens (tertiary/aromatic N) is 2. The molecular formula is C17H21N2O3+. The molecule has 1 aliphatic rings. The average molecular weight is 301 g/mol. The van der Waals surface area contributed by atoms with Gasteiger partial charge in [-0.15, -0.1) is 0 Å². The highest BCUT2D eigenvalue weighted by molar-refractivity contribution is 5.59. The van der Waals surface area contributed by atoms with E-state index in [1.54, 1.807) is 6.92 Å². The predicted octanol–water partition coefficient (Wildman–Crippen LogP) is 2.89. The maximum absolute atomic E-state index is 12.8. The monoisotopic (exact) mass is 301 g/mol. The molecule has 2 aromatic rings. The number of hydrogen-bond donors (Lipinski definition) is 1. The van der Waals surface area contributed by atoms with Gasteiger partial charge in [-0.05, 0) is 57.4 Å². The fourth-order valence-corrected chi connectivity index (χ4v) is 3.11. The molecule has 0 saturated carbocycles. The van der Waals surface area contributed by atoms with Crippen LogP contribution in [0.25, 0.3) is 11.3 Å². The molecule has 22 heavy (non-hydrogen) atoms. The Balaban J connectivity index is 2.14. The SMILES string of the molecule is CCOc1ccc(-c2c(C)n(O)c3c([n+]2=O)CCCC3)cc1. The van der Waals surface area contributed by atoms with Gasteiger partial charge in [0.25, 0.3) is 11.4 Å². The van der Waals surface area contributed by atoms with Crippen LogP contribution < -0.4 is 9.16 Å². The van der Waals surface area contributed by atoms with Crippen molar-refractivity contribution in [3.05, 3.63) is 46.3 Å². The van der Waals surface area contributed by atoms with Crippen LogP contribution in [-0.4, -0.2) is 16.5 Å². The number of benzene rings is 1. The van der Waals surface area contributed by atoms with Crippen LogP contribution in [0.3, 0.4) is 0 Å². The summed E-state index contributed by atoms with van der Waals surface area (Å²) in [5.41, 5.74) is 3.29. The van der Waals surface area contributed by atoms with Gasteiger partial charge in [-0.3, -0.25) is 0 Å². The maximum Gasteiger partial charge on any atom is 0.292 e. The van der Waals surface area contributed by atoms with Gasteiger partial charge < -0.3 is 9.94 Å². The number of hydrogen-bond acceptors (Lipinski definition) is 3. The van der Waals surface area contributed by atoms with Gasteiger partial charge in [0.15, 0.2) is 0 Å². The second-order valence-electron chi connectivity index (χ2n) is 5.60. The minimum atomic E-state index is 0.506. The molecule has 3 rings (SSSR count). The molecule has 0 spiro atoms. The molecule has 0 fully saturated rings. The molecule has 0 radical (unpaired) electrons. The summed E-state index contributed by atoms with van der Waals surface area (Å²) in [6.45, 7) is 4.31. The molecule has 0 amide bonds. The summed E-state index contributed by atoms with van der Waals surface area (Å²) >= 11 is 0. The minimum Gasteiger partial charge on any atom is -0.494 e. The van der Waals surface area contributed by atoms with E-state index in [-0.39, 0.29) is 0 Å². The largest absolute Gasteiger partial charge is 0.494 e. The van der Waals surface area contributed by atoms with Crippen LogP contribution in [0.5, 0.6) is 5.75 Å². The summed E-state index contributed by atoms with van der Waals surface area (Å²) in [6, 6.07) is 7.41. The van der Waals surface area contributed by atoms with Crippen molar-refractivity contribution >= 4 is 0 Å². The molecule has 1 heterocycles. The van der Waals surface area contributed by atoms with Crippen molar-refractivity contribution in [1.82, 2.24) is 4.73 Å². The van der Waals surface area contributed by atoms with E-state index in [0.29, 0.717) is 30.1 Å². The quantitative estimate of drug-likeness (QED) is 0.700. The Kier molecular flexibility index (Phi) is 3.88. The fourth-order valence-electron chi connectivity index (χ4n) is 3.11. The molecule has 0 atom stereocenters. The Labute approximate surface area is 129 Å². The number of ether oxygens (including phenoxy) is 1. The summed E-state index contributed by atoms with van der Waals surface area (Å²) in [4.78, 5) is 12.8. The maximum atomic E-state index is 12.8. The highest BCUT2D eigenvalue weighted by Crippen LogP contribution is 2.26. The van der Waals surface area contributed by atoms with Gasteiger partial charge in [0, 0.05) is 11.3 Å². The summed E-state index contributed by atoms with van der Waals surface area (Å²) in [7, 11) is 0. The summed E-state index contributed by atoms with van der Waals surface area (Å²) in [5.74, 6) is 0.774. The lowest BCUT2D eigenvalue weighted by Crippen LogP contribution is -2.33. The molecule has 5 heteroatoms. The van der Waals surface area contributed by atoms with Gasteiger partial charge in [-0.1, -0.05) is 0 Å². The van der Waals surface area contributed by atoms with Gasteiger partial charge in [-0.2, -0.15) is 4.73 Å². The number of rotatable bonds is 3. The van der Waals surface area contributed by atoms with Crippen molar-refractivity contribution in [2.45, 2.75) is 39.5 Å². The Morgan fingerprint density at radius 3 is 2.59 bits per heavy atom. The zero-order valence-electron chi connectivity index (χ0n) is 13.0. The van der Waals surface area contributed by atoms with Crippen molar-refractivity contribution in [3.63, 3.8) is 0 Å². The predicted molar refractivity (Wildman–Crippen MR) is 83.0 cm³/mol. The summed E-state index contributed by atoms with van der Waals surface area (Å²) < 4.78 is 7.61. The zero-order chi connectivity index (χ0) is 15.7. The third-order valence-corrected chi connectivity index (χ3v) is 4.21. The normalized spacial score (nSPS) is 13.7. The smallest absolute Gasteiger partial charge is 0.292 e. The molecule has 5 nitrogen and oxygen atoms in total. The van der Waals surface area contributed by atoms with Crippen LogP contribution in [0, 0.1) is 11.8 Å². The molecule has 1 aromatic carbocycles. The van der Waals surface area contributed by atoms with Crippen LogP contribution >= 0.6 is 0 Å². The minimum absolute atomic E-state index is 0.506. The Morgan fingerprint density at radius 1 is 1.23 bits per heavy atom. The van der Waals surface area contributed by atoms with Crippen LogP contribution in [0.2, 0.25) is 0 Å². The fraction of sp³-hybridized carbons (Fsp3) is 0.412. The lowest BCUT2D eigenvalue weighted by atomic mass is 9.99. The first-order chi connectivity index (χ1) is 10.6. The first-order valence-corrected chi connectivity index (χ1v) is 7.76. The molecule has 1 aliphatic carbocycles. The zero-order valence-corrected chi connectivity index (χ0v) is 13.0. The van der Waals surface area contributed by atoms with E-state index in [9.17, 15) is 10.1 Å². The van der Waals surface area contributed by atoms with Gasteiger partial charge in [0.1, 0.15) is 17.1 Å². The average Bonchev–Trinajstić information content (AvgIpc) is 2.55. The van der Waals surface area contributed by atoms with Gasteiger partial charge >= 0.3 is 0 Å². The van der Waals surface area contributed by atoms with E-state index in [1.807, 2.05) is 31.2 Å². The van der Waals surface area contributed by atoms with Crippen molar-refractivity contribution in [1.29, 1.82) is 0 Å². The standard InChI is InChI=1S/C17H21N2O3/c1-3-22-14-10-8-13(9-11-14)17-12(2)18(20)15-6-4-5-7-16(15)19(17)21/h8-11,20H,3-7H2,1-2H3/q+1. The molecular weight excluding hydrogens is 280 g/mol. The second-order valence-corrected chi connectivity index (χ2v) is 5.60. The topological polar surface area (TPSA) is 57.4 Å². The molecule has 0 bridgehead atoms. The number of aromatic nitrogens is 2. The van der Waals surface area contributed by atoms with Crippen LogP contribution in [0.15, 0.2) is 24.3 Å². The third kappa shape index (κ3) is 2.36. The first kappa shape index (κ1) is 14.6. The van der Waals surface area contributed by atoms with E-state index < -0.39 is 0 Å². The Hall–Kier alpha value is -2.30. The third-order valence-electron chi connectivity index (χ3n) is 4.21. The lowest BCUT2D eigenvalue weighted by molar-refractivity contribution is -0.496. The van der Waals surface area contributed by atoms with Gasteiger partial charge in [0.2, 0.25) is 0 Å². The van der Waals surface area contributed by atoms with Crippen molar-refractivity contribution < 1.29 is 14.4 Å². The van der Waals surface area contributed by atoms with E-state index in [2.05, 4.69) is 0 Å². The van der Waals surface area contributed by atoms with Gasteiger partial charge in [-0.25, -0.2) is 0 Å². The van der Waals surface area contributed by atoms with Crippen molar-refractivity contribution in [2.75, 3.05) is 6.61 Å². The Morgan fingerprint density at radius 2 is 1.91 bits per heavy atom. The van der Waals surface area contributed by atoms with E-state index >= 15 is 0 Å². The van der Waals surface area contributed by atoms with Crippen molar-refractivity contribution in [3.8, 4) is 17.0 Å². The van der Waals surface area contributed by atoms with E-state index in [4.69, 9.17) is 4.74 Å². The molecule has 0 saturated heterocycles. The van der Waals surface area contributed by atoms with E-state index in [1.165, 1.54) is 4.73 Å². The summed E-state index contributed by atoms with van der Waals surface area (Å²) in [6.07, 6.45) is 3.46. The lowest BCUT2D eigenvalue weighted by Gasteiger charge is -2.15.